The van der Waals surface area contributed by atoms with Crippen LogP contribution >= 0.6 is 0 Å². The molecule has 0 aliphatic rings. The number of halogens is 6. The Morgan fingerprint density at radius 2 is 1.32 bits per heavy atom. The molecule has 2 aromatic carbocycles. The van der Waals surface area contributed by atoms with E-state index in [0.717, 1.165) is 12.5 Å². The first-order chi connectivity index (χ1) is 13.8. The molecule has 0 N–H and O–H groups in total. The Morgan fingerprint density at radius 3 is 1.74 bits per heavy atom. The first kappa shape index (κ1) is 31.1. The molecular weight excluding hydrogens is 421 g/mol. The molecule has 2 aromatic rings. The molecule has 0 saturated heterocycles. The molecule has 0 unspecified atom stereocenters. The van der Waals surface area contributed by atoms with Gasteiger partial charge >= 0.3 is 31.6 Å². The van der Waals surface area contributed by atoms with Crippen molar-refractivity contribution in [3.05, 3.63) is 66.1 Å². The molecule has 3 nitrogen and oxygen atoms in total. The molecule has 0 bridgehead atoms. The van der Waals surface area contributed by atoms with Gasteiger partial charge in [0.05, 0.1) is 0 Å². The van der Waals surface area contributed by atoms with Crippen molar-refractivity contribution in [2.45, 2.75) is 46.3 Å². The number of carbonyl (C=O) groups is 1. The maximum atomic E-state index is 11.8. The van der Waals surface area contributed by atoms with Crippen molar-refractivity contribution in [3.8, 4) is 11.5 Å². The van der Waals surface area contributed by atoms with Gasteiger partial charge in [-0.05, 0) is 31.5 Å². The zero-order valence-corrected chi connectivity index (χ0v) is 17.7. The Bertz CT molecular complexity index is 774. The van der Waals surface area contributed by atoms with E-state index in [4.69, 9.17) is 0 Å². The summed E-state index contributed by atoms with van der Waals surface area (Å²) in [5.41, 5.74) is 0.835. The average Bonchev–Trinajstić information content (AvgIpc) is 2.64. The van der Waals surface area contributed by atoms with Crippen molar-refractivity contribution in [2.24, 2.45) is 0 Å². The molecule has 168 valence electrons. The number of aryl methyl sites for hydroxylation is 1. The van der Waals surface area contributed by atoms with Gasteiger partial charge in [-0.1, -0.05) is 43.7 Å². The summed E-state index contributed by atoms with van der Waals surface area (Å²) in [5, 5.41) is 0. The number of alkyl halides is 6. The van der Waals surface area contributed by atoms with E-state index in [9.17, 15) is 31.1 Å². The van der Waals surface area contributed by atoms with Crippen LogP contribution < -0.4 is 28.3 Å². The van der Waals surface area contributed by atoms with Gasteiger partial charge in [0.1, 0.15) is 17.8 Å². The van der Waals surface area contributed by atoms with Crippen LogP contribution in [-0.2, 0) is 0 Å². The molecule has 0 aliphatic carbocycles. The minimum atomic E-state index is -4.73. The van der Waals surface area contributed by atoms with Crippen LogP contribution in [0.1, 0.15) is 41.3 Å². The van der Waals surface area contributed by atoms with Gasteiger partial charge < -0.3 is 16.4 Å². The molecular formula is C21H23F6LiO3. The van der Waals surface area contributed by atoms with Crippen LogP contribution in [0.2, 0.25) is 0 Å². The van der Waals surface area contributed by atoms with E-state index in [0.29, 0.717) is 11.8 Å². The standard InChI is InChI=1S/C9H7F3O2.C8H7F3O.C4H9.Li/c1-6-7(5-13)3-2-4-8(6)14-9(10,11)12;1-6-4-2-3-5-7(6)12-8(9,10)11;1-3-4-2;/h2-5H,1H3;2-5H,1H3;1,3-4H2,2H3;/q;;-1;+1. The zero-order chi connectivity index (χ0) is 23.4. The molecule has 2 rings (SSSR count). The van der Waals surface area contributed by atoms with Gasteiger partial charge in [-0.3, -0.25) is 4.79 Å². The van der Waals surface area contributed by atoms with Crippen molar-refractivity contribution in [2.75, 3.05) is 0 Å². The van der Waals surface area contributed by atoms with E-state index < -0.39 is 12.7 Å². The van der Waals surface area contributed by atoms with Crippen LogP contribution in [0.25, 0.3) is 0 Å². The summed E-state index contributed by atoms with van der Waals surface area (Å²) in [6.07, 6.45) is -6.57. The molecule has 0 spiro atoms. The van der Waals surface area contributed by atoms with Gasteiger partial charge in [0.25, 0.3) is 0 Å². The first-order valence-electron chi connectivity index (χ1n) is 8.75. The summed E-state index contributed by atoms with van der Waals surface area (Å²) in [6, 6.07) is 9.90. The zero-order valence-electron chi connectivity index (χ0n) is 17.7. The normalized spacial score (nSPS) is 10.4. The molecule has 0 amide bonds. The fourth-order valence-corrected chi connectivity index (χ4v) is 1.79. The minimum absolute atomic E-state index is 0. The molecule has 0 heterocycles. The molecule has 31 heavy (non-hydrogen) atoms. The Labute approximate surface area is 189 Å². The molecule has 0 aromatic heterocycles. The number of benzene rings is 2. The van der Waals surface area contributed by atoms with Gasteiger partial charge in [-0.25, -0.2) is 0 Å². The number of hydrogen-bond acceptors (Lipinski definition) is 3. The molecule has 0 fully saturated rings. The average molecular weight is 444 g/mol. The van der Waals surface area contributed by atoms with Crippen LogP contribution in [0.3, 0.4) is 0 Å². The second-order valence-corrected chi connectivity index (χ2v) is 5.80. The van der Waals surface area contributed by atoms with E-state index >= 15 is 0 Å². The van der Waals surface area contributed by atoms with Crippen molar-refractivity contribution in [1.29, 1.82) is 0 Å². The van der Waals surface area contributed by atoms with Gasteiger partial charge in [-0.15, -0.1) is 26.3 Å². The van der Waals surface area contributed by atoms with Crippen molar-refractivity contribution in [1.82, 2.24) is 0 Å². The molecule has 0 atom stereocenters. The summed E-state index contributed by atoms with van der Waals surface area (Å²) in [7, 11) is 0. The smallest absolute Gasteiger partial charge is 0.406 e. The van der Waals surface area contributed by atoms with E-state index in [1.807, 2.05) is 0 Å². The van der Waals surface area contributed by atoms with Crippen LogP contribution in [0, 0.1) is 20.8 Å². The maximum Gasteiger partial charge on any atom is 1.00 e. The number of ether oxygens (including phenoxy) is 2. The Balaban J connectivity index is 0. The topological polar surface area (TPSA) is 35.5 Å². The third kappa shape index (κ3) is 14.5. The van der Waals surface area contributed by atoms with Crippen LogP contribution in [-0.4, -0.2) is 19.0 Å². The summed E-state index contributed by atoms with van der Waals surface area (Å²) < 4.78 is 78.1. The van der Waals surface area contributed by atoms with E-state index in [2.05, 4.69) is 23.3 Å². The van der Waals surface area contributed by atoms with Crippen molar-refractivity contribution >= 4 is 6.29 Å². The summed E-state index contributed by atoms with van der Waals surface area (Å²) in [5.74, 6) is -0.493. The van der Waals surface area contributed by atoms with Crippen molar-refractivity contribution < 1.29 is 59.5 Å². The monoisotopic (exact) mass is 444 g/mol. The predicted molar refractivity (Wildman–Crippen MR) is 101 cm³/mol. The van der Waals surface area contributed by atoms with E-state index in [1.54, 1.807) is 19.1 Å². The number of para-hydroxylation sites is 1. The molecule has 0 radical (unpaired) electrons. The Morgan fingerprint density at radius 1 is 0.871 bits per heavy atom. The van der Waals surface area contributed by atoms with Gasteiger partial charge in [-0.2, -0.15) is 6.42 Å². The fourth-order valence-electron chi connectivity index (χ4n) is 1.79. The molecule has 0 saturated carbocycles. The quantitative estimate of drug-likeness (QED) is 0.307. The Kier molecular flexibility index (Phi) is 14.9. The summed E-state index contributed by atoms with van der Waals surface area (Å²) >= 11 is 0. The maximum absolute atomic E-state index is 11.8. The second kappa shape index (κ2) is 14.8. The number of aldehydes is 1. The van der Waals surface area contributed by atoms with E-state index in [1.165, 1.54) is 37.6 Å². The van der Waals surface area contributed by atoms with Crippen LogP contribution in [0.4, 0.5) is 26.3 Å². The van der Waals surface area contributed by atoms with Gasteiger partial charge in [0.15, 0.2) is 0 Å². The fraction of sp³-hybridized carbons (Fsp3) is 0.333. The predicted octanol–water partition coefficient (Wildman–Crippen LogP) is 4.22. The number of carbonyl (C=O) groups excluding carboxylic acids is 1. The number of unbranched alkanes of at least 4 members (excludes halogenated alkanes) is 1. The van der Waals surface area contributed by atoms with Crippen LogP contribution in [0.15, 0.2) is 42.5 Å². The largest absolute Gasteiger partial charge is 1.00 e. The SMILES string of the molecule is Cc1c(C=O)cccc1OC(F)(F)F.Cc1ccccc1OC(F)(F)F.[CH2-]CCC.[Li+]. The number of rotatable bonds is 4. The summed E-state index contributed by atoms with van der Waals surface area (Å²) in [6.45, 7) is 8.67. The van der Waals surface area contributed by atoms with E-state index in [-0.39, 0.29) is 41.5 Å². The van der Waals surface area contributed by atoms with Crippen molar-refractivity contribution in [3.63, 3.8) is 0 Å². The Hall–Kier alpha value is -2.11. The first-order valence-corrected chi connectivity index (χ1v) is 8.75. The molecule has 10 heteroatoms. The third-order valence-electron chi connectivity index (χ3n) is 3.35. The van der Waals surface area contributed by atoms with Gasteiger partial charge in [0, 0.05) is 11.1 Å². The molecule has 0 aliphatic heterocycles. The van der Waals surface area contributed by atoms with Gasteiger partial charge in [0.2, 0.25) is 0 Å². The second-order valence-electron chi connectivity index (χ2n) is 5.80. The minimum Gasteiger partial charge on any atom is -0.406 e. The summed E-state index contributed by atoms with van der Waals surface area (Å²) in [4.78, 5) is 10.4. The third-order valence-corrected chi connectivity index (χ3v) is 3.35. The van der Waals surface area contributed by atoms with Crippen LogP contribution in [0.5, 0.6) is 11.5 Å². The number of hydrogen-bond donors (Lipinski definition) is 0.